The zero-order chi connectivity index (χ0) is 9.84. The van der Waals surface area contributed by atoms with Gasteiger partial charge in [-0.1, -0.05) is 33.6 Å². The lowest BCUT2D eigenvalue weighted by molar-refractivity contribution is 1.42. The number of aryl methyl sites for hydroxylation is 1. The lowest BCUT2D eigenvalue weighted by Crippen LogP contribution is -1.83. The van der Waals surface area contributed by atoms with E-state index in [2.05, 4.69) is 15.9 Å². The summed E-state index contributed by atoms with van der Waals surface area (Å²) < 4.78 is 1.01. The van der Waals surface area contributed by atoms with Gasteiger partial charge in [-0.15, -0.1) is 0 Å². The van der Waals surface area contributed by atoms with Gasteiger partial charge in [-0.25, -0.2) is 0 Å². The van der Waals surface area contributed by atoms with Crippen LogP contribution in [0.2, 0.25) is 0 Å². The molecule has 0 atom stereocenters. The fourth-order valence-corrected chi connectivity index (χ4v) is 1.77. The Morgan fingerprint density at radius 2 is 2.31 bits per heavy atom. The minimum absolute atomic E-state index is 0.479. The fraction of sp³-hybridized carbons (Fsp3) is 0.100. The van der Waals surface area contributed by atoms with E-state index >= 15 is 0 Å². The van der Waals surface area contributed by atoms with E-state index in [1.165, 1.54) is 6.08 Å². The Morgan fingerprint density at radius 3 is 2.85 bits per heavy atom. The number of hydrogen-bond acceptors (Lipinski definition) is 1. The number of benzene rings is 1. The van der Waals surface area contributed by atoms with Crippen LogP contribution in [0, 0.1) is 18.3 Å². The Hall–Kier alpha value is -0.780. The van der Waals surface area contributed by atoms with Gasteiger partial charge in [0.25, 0.3) is 0 Å². The molecule has 0 saturated heterocycles. The molecule has 13 heavy (non-hydrogen) atoms. The third-order valence-corrected chi connectivity index (χ3v) is 2.44. The van der Waals surface area contributed by atoms with Crippen molar-refractivity contribution in [3.05, 3.63) is 39.9 Å². The second kappa shape index (κ2) is 4.45. The van der Waals surface area contributed by atoms with Crippen LogP contribution < -0.4 is 0 Å². The monoisotopic (exact) mass is 255 g/mol. The maximum Gasteiger partial charge on any atom is 0.0927 e. The molecule has 66 valence electrons. The van der Waals surface area contributed by atoms with Crippen LogP contribution in [0.25, 0.3) is 5.03 Å². The van der Waals surface area contributed by atoms with Gasteiger partial charge >= 0.3 is 0 Å². The Balaban J connectivity index is 3.18. The third-order valence-electron chi connectivity index (χ3n) is 1.64. The van der Waals surface area contributed by atoms with Crippen LogP contribution in [0.1, 0.15) is 11.1 Å². The second-order valence-corrected chi connectivity index (χ2v) is 3.90. The lowest BCUT2D eigenvalue weighted by atomic mass is 10.1. The number of rotatable bonds is 1. The summed E-state index contributed by atoms with van der Waals surface area (Å²) in [6.45, 7) is 1.95. The molecule has 0 amide bonds. The summed E-state index contributed by atoms with van der Waals surface area (Å²) in [6, 6.07) is 7.65. The summed E-state index contributed by atoms with van der Waals surface area (Å²) in [6.07, 6.45) is 1.33. The van der Waals surface area contributed by atoms with Gasteiger partial charge in [-0.3, -0.25) is 0 Å². The number of nitrogens with zero attached hydrogens (tertiary/aromatic N) is 1. The minimum atomic E-state index is 0.479. The molecule has 3 heteroatoms. The van der Waals surface area contributed by atoms with Crippen molar-refractivity contribution in [3.8, 4) is 6.07 Å². The van der Waals surface area contributed by atoms with Gasteiger partial charge in [0.15, 0.2) is 0 Å². The Labute approximate surface area is 90.8 Å². The van der Waals surface area contributed by atoms with Crippen molar-refractivity contribution in [2.45, 2.75) is 6.92 Å². The molecule has 1 aromatic carbocycles. The van der Waals surface area contributed by atoms with Crippen molar-refractivity contribution in [2.24, 2.45) is 0 Å². The maximum atomic E-state index is 8.42. The van der Waals surface area contributed by atoms with Crippen LogP contribution in [-0.2, 0) is 0 Å². The largest absolute Gasteiger partial charge is 0.193 e. The molecule has 1 nitrogen and oxygen atoms in total. The van der Waals surface area contributed by atoms with Crippen LogP contribution in [0.15, 0.2) is 28.7 Å². The highest BCUT2D eigenvalue weighted by molar-refractivity contribution is 9.10. The molecule has 0 aromatic heterocycles. The number of halogens is 2. The summed E-state index contributed by atoms with van der Waals surface area (Å²) in [5.74, 6) is 0. The molecule has 0 radical (unpaired) electrons. The molecule has 0 aliphatic heterocycles. The van der Waals surface area contributed by atoms with E-state index in [0.717, 1.165) is 15.6 Å². The molecule has 1 aromatic rings. The lowest BCUT2D eigenvalue weighted by Gasteiger charge is -2.03. The van der Waals surface area contributed by atoms with Crippen LogP contribution in [0.4, 0.5) is 0 Å². The molecular formula is C10H7BrClN. The van der Waals surface area contributed by atoms with E-state index < -0.39 is 0 Å². The summed E-state index contributed by atoms with van der Waals surface area (Å²) in [4.78, 5) is 0. The summed E-state index contributed by atoms with van der Waals surface area (Å²) in [5, 5.41) is 8.90. The van der Waals surface area contributed by atoms with Gasteiger partial charge in [0.2, 0.25) is 0 Å². The molecule has 0 spiro atoms. The van der Waals surface area contributed by atoms with E-state index in [0.29, 0.717) is 5.03 Å². The minimum Gasteiger partial charge on any atom is -0.193 e. The van der Waals surface area contributed by atoms with E-state index in [4.69, 9.17) is 16.9 Å². The van der Waals surface area contributed by atoms with Gasteiger partial charge in [0.05, 0.1) is 11.1 Å². The van der Waals surface area contributed by atoms with Gasteiger partial charge in [0, 0.05) is 10.5 Å². The third kappa shape index (κ3) is 2.58. The predicted octanol–water partition coefficient (Wildman–Crippen LogP) is 3.86. The van der Waals surface area contributed by atoms with E-state index in [1.54, 1.807) is 0 Å². The molecule has 1 rings (SSSR count). The normalized spacial score (nSPS) is 11.1. The second-order valence-electron chi connectivity index (χ2n) is 2.58. The van der Waals surface area contributed by atoms with E-state index in [9.17, 15) is 0 Å². The van der Waals surface area contributed by atoms with Crippen molar-refractivity contribution in [1.82, 2.24) is 0 Å². The van der Waals surface area contributed by atoms with Crippen molar-refractivity contribution >= 4 is 32.6 Å². The highest BCUT2D eigenvalue weighted by atomic mass is 79.9. The molecule has 0 heterocycles. The van der Waals surface area contributed by atoms with Crippen molar-refractivity contribution in [3.63, 3.8) is 0 Å². The maximum absolute atomic E-state index is 8.42. The average molecular weight is 257 g/mol. The number of nitriles is 1. The van der Waals surface area contributed by atoms with Crippen molar-refractivity contribution < 1.29 is 0 Å². The molecule has 0 fully saturated rings. The zero-order valence-corrected chi connectivity index (χ0v) is 9.35. The smallest absolute Gasteiger partial charge is 0.0927 e. The van der Waals surface area contributed by atoms with Gasteiger partial charge in [-0.2, -0.15) is 5.26 Å². The van der Waals surface area contributed by atoms with Crippen molar-refractivity contribution in [1.29, 1.82) is 5.26 Å². The predicted molar refractivity (Wildman–Crippen MR) is 58.3 cm³/mol. The Kier molecular flexibility index (Phi) is 3.53. The van der Waals surface area contributed by atoms with Crippen LogP contribution >= 0.6 is 27.5 Å². The highest BCUT2D eigenvalue weighted by Crippen LogP contribution is 2.24. The van der Waals surface area contributed by atoms with Crippen LogP contribution in [0.3, 0.4) is 0 Å². The topological polar surface area (TPSA) is 23.8 Å². The Morgan fingerprint density at radius 1 is 1.62 bits per heavy atom. The molecule has 0 unspecified atom stereocenters. The standard InChI is InChI=1S/C10H7BrClN/c1-7-6-8(11)2-3-9(7)10(12)4-5-13/h2-4,6H,1H3/b10-4-. The van der Waals surface area contributed by atoms with E-state index in [1.807, 2.05) is 31.2 Å². The summed E-state index contributed by atoms with van der Waals surface area (Å²) >= 11 is 9.24. The average Bonchev–Trinajstić information content (AvgIpc) is 2.04. The summed E-state index contributed by atoms with van der Waals surface area (Å²) in [5.41, 5.74) is 1.94. The summed E-state index contributed by atoms with van der Waals surface area (Å²) in [7, 11) is 0. The molecule has 0 saturated carbocycles. The van der Waals surface area contributed by atoms with E-state index in [-0.39, 0.29) is 0 Å². The van der Waals surface area contributed by atoms with Gasteiger partial charge < -0.3 is 0 Å². The van der Waals surface area contributed by atoms with Crippen molar-refractivity contribution in [2.75, 3.05) is 0 Å². The Bertz CT molecular complexity index is 390. The fourth-order valence-electron chi connectivity index (χ4n) is 1.03. The zero-order valence-electron chi connectivity index (χ0n) is 7.01. The van der Waals surface area contributed by atoms with Gasteiger partial charge in [-0.05, 0) is 30.2 Å². The molecular weight excluding hydrogens is 249 g/mol. The first kappa shape index (κ1) is 10.3. The first-order valence-electron chi connectivity index (χ1n) is 3.67. The molecule has 0 N–H and O–H groups in total. The highest BCUT2D eigenvalue weighted by Gasteiger charge is 2.01. The van der Waals surface area contributed by atoms with Gasteiger partial charge in [0.1, 0.15) is 0 Å². The SMILES string of the molecule is Cc1cc(Br)ccc1/C(Cl)=C/C#N. The molecule has 0 bridgehead atoms. The molecule has 0 aliphatic rings. The first-order chi connectivity index (χ1) is 6.15. The number of hydrogen-bond donors (Lipinski definition) is 0. The number of allylic oxidation sites excluding steroid dienone is 1. The molecule has 0 aliphatic carbocycles. The first-order valence-corrected chi connectivity index (χ1v) is 4.84. The van der Waals surface area contributed by atoms with Crippen LogP contribution in [0.5, 0.6) is 0 Å². The van der Waals surface area contributed by atoms with Crippen LogP contribution in [-0.4, -0.2) is 0 Å². The quantitative estimate of drug-likeness (QED) is 0.700.